The summed E-state index contributed by atoms with van der Waals surface area (Å²) in [6.07, 6.45) is 9.12. The lowest BCUT2D eigenvalue weighted by Crippen LogP contribution is -2.52. The van der Waals surface area contributed by atoms with Crippen molar-refractivity contribution in [3.8, 4) is 11.7 Å². The largest absolute Gasteiger partial charge is 0.461 e. The molecule has 2 unspecified atom stereocenters. The van der Waals surface area contributed by atoms with Crippen LogP contribution >= 0.6 is 11.6 Å². The van der Waals surface area contributed by atoms with E-state index in [1.54, 1.807) is 12.4 Å². The first kappa shape index (κ1) is 18.1. The summed E-state index contributed by atoms with van der Waals surface area (Å²) in [5.74, 6) is 0.462. The second kappa shape index (κ2) is 7.11. The zero-order valence-electron chi connectivity index (χ0n) is 15.6. The molecule has 3 heterocycles. The van der Waals surface area contributed by atoms with Gasteiger partial charge in [0.15, 0.2) is 0 Å². The third kappa shape index (κ3) is 3.23. The van der Waals surface area contributed by atoms with Crippen molar-refractivity contribution >= 4 is 17.5 Å². The topological polar surface area (TPSA) is 86.0 Å². The molecule has 2 aliphatic rings. The number of benzene rings is 1. The van der Waals surface area contributed by atoms with Gasteiger partial charge < -0.3 is 9.64 Å². The summed E-state index contributed by atoms with van der Waals surface area (Å²) in [6.45, 7) is 1.09. The first-order valence-electron chi connectivity index (χ1n) is 9.53. The number of ether oxygens (including phenoxy) is 1. The maximum atomic E-state index is 13.6. The Morgan fingerprint density at radius 1 is 1.21 bits per heavy atom. The van der Waals surface area contributed by atoms with E-state index in [4.69, 9.17) is 16.3 Å². The summed E-state index contributed by atoms with van der Waals surface area (Å²) < 4.78 is 5.88. The zero-order chi connectivity index (χ0) is 19.8. The molecule has 5 rings (SSSR count). The van der Waals surface area contributed by atoms with Crippen LogP contribution in [0.5, 0.6) is 6.01 Å². The second-order valence-corrected chi connectivity index (χ2v) is 7.99. The maximum Gasteiger partial charge on any atom is 0.316 e. The molecule has 1 aliphatic carbocycles. The highest BCUT2D eigenvalue weighted by Crippen LogP contribution is 2.47. The molecule has 9 heteroatoms. The maximum absolute atomic E-state index is 13.6. The minimum atomic E-state index is -0.352. The van der Waals surface area contributed by atoms with Crippen LogP contribution in [0.1, 0.15) is 29.6 Å². The molecule has 29 heavy (non-hydrogen) atoms. The van der Waals surface area contributed by atoms with Crippen LogP contribution in [0.15, 0.2) is 49.1 Å². The van der Waals surface area contributed by atoms with Crippen LogP contribution in [0.25, 0.3) is 5.69 Å². The van der Waals surface area contributed by atoms with Crippen molar-refractivity contribution in [2.24, 2.45) is 5.92 Å². The van der Waals surface area contributed by atoms with E-state index in [0.717, 1.165) is 25.8 Å². The van der Waals surface area contributed by atoms with Gasteiger partial charge in [-0.3, -0.25) is 4.79 Å². The van der Waals surface area contributed by atoms with Gasteiger partial charge >= 0.3 is 6.01 Å². The lowest BCUT2D eigenvalue weighted by Gasteiger charge is -2.38. The summed E-state index contributed by atoms with van der Waals surface area (Å²) in [6, 6.07) is 7.69. The number of nitrogens with zero attached hydrogens (tertiary/aromatic N) is 6. The molecule has 2 atom stereocenters. The van der Waals surface area contributed by atoms with E-state index in [9.17, 15) is 4.79 Å². The van der Waals surface area contributed by atoms with E-state index >= 15 is 0 Å². The number of fused-ring (bicyclic) bond motifs is 2. The smallest absolute Gasteiger partial charge is 0.316 e. The van der Waals surface area contributed by atoms with Crippen LogP contribution in [-0.2, 0) is 0 Å². The van der Waals surface area contributed by atoms with E-state index in [1.165, 1.54) is 17.2 Å². The molecule has 1 aliphatic heterocycles. The molecule has 2 bridgehead atoms. The van der Waals surface area contributed by atoms with Gasteiger partial charge in [0.25, 0.3) is 5.91 Å². The predicted molar refractivity (Wildman–Crippen MR) is 105 cm³/mol. The van der Waals surface area contributed by atoms with Gasteiger partial charge in [-0.2, -0.15) is 15.0 Å². The fraction of sp³-hybridized carbons (Fsp3) is 0.350. The molecule has 2 fully saturated rings. The summed E-state index contributed by atoms with van der Waals surface area (Å²) in [7, 11) is 0. The molecular formula is C20H19ClN6O2. The van der Waals surface area contributed by atoms with E-state index in [0.29, 0.717) is 28.8 Å². The molecule has 0 N–H and O–H groups in total. The van der Waals surface area contributed by atoms with Crippen molar-refractivity contribution in [2.75, 3.05) is 13.2 Å². The first-order chi connectivity index (χ1) is 14.1. The Balaban J connectivity index is 1.42. The van der Waals surface area contributed by atoms with E-state index < -0.39 is 0 Å². The van der Waals surface area contributed by atoms with Crippen molar-refractivity contribution in [1.82, 2.24) is 29.9 Å². The van der Waals surface area contributed by atoms with E-state index in [1.807, 2.05) is 29.2 Å². The fourth-order valence-electron chi connectivity index (χ4n) is 4.46. The number of piperidine rings is 1. The number of aromatic nitrogens is 5. The molecule has 1 saturated heterocycles. The van der Waals surface area contributed by atoms with Gasteiger partial charge in [-0.05, 0) is 37.3 Å². The SMILES string of the molecule is O=C(c1ccccc1-n1nccn1)N1CC2CCC1(COc1ncc(Cl)cn1)C2. The van der Waals surface area contributed by atoms with Crippen molar-refractivity contribution in [3.63, 3.8) is 0 Å². The Hall–Kier alpha value is -3.00. The molecule has 2 aromatic heterocycles. The number of rotatable bonds is 5. The van der Waals surface area contributed by atoms with Crippen molar-refractivity contribution < 1.29 is 9.53 Å². The Bertz CT molecular complexity index is 1030. The van der Waals surface area contributed by atoms with Gasteiger partial charge in [0.1, 0.15) is 6.61 Å². The van der Waals surface area contributed by atoms with Crippen LogP contribution in [0.4, 0.5) is 0 Å². The molecule has 1 aromatic carbocycles. The lowest BCUT2D eigenvalue weighted by atomic mass is 9.96. The van der Waals surface area contributed by atoms with Crippen LogP contribution in [-0.4, -0.2) is 54.5 Å². The third-order valence-corrected chi connectivity index (χ3v) is 5.98. The van der Waals surface area contributed by atoms with Gasteiger partial charge in [-0.1, -0.05) is 23.7 Å². The monoisotopic (exact) mass is 410 g/mol. The van der Waals surface area contributed by atoms with Gasteiger partial charge in [-0.15, -0.1) is 0 Å². The highest BCUT2D eigenvalue weighted by atomic mass is 35.5. The van der Waals surface area contributed by atoms with Gasteiger partial charge in [0.2, 0.25) is 0 Å². The average molecular weight is 411 g/mol. The number of carbonyl (C=O) groups excluding carboxylic acids is 1. The minimum Gasteiger partial charge on any atom is -0.461 e. The molecular weight excluding hydrogens is 392 g/mol. The van der Waals surface area contributed by atoms with Crippen molar-refractivity contribution in [3.05, 3.63) is 59.6 Å². The van der Waals surface area contributed by atoms with Crippen molar-refractivity contribution in [1.29, 1.82) is 0 Å². The zero-order valence-corrected chi connectivity index (χ0v) is 16.4. The quantitative estimate of drug-likeness (QED) is 0.642. The third-order valence-electron chi connectivity index (χ3n) is 5.78. The standard InChI is InChI=1S/C20H19ClN6O2/c21-15-10-22-19(23-11-15)29-13-20-6-5-14(9-20)12-26(20)18(28)16-3-1-2-4-17(16)27-24-7-8-25-27/h1-4,7-8,10-11,14H,5-6,9,12-13H2. The van der Waals surface area contributed by atoms with Crippen molar-refractivity contribution in [2.45, 2.75) is 24.8 Å². The molecule has 1 saturated carbocycles. The molecule has 3 aromatic rings. The first-order valence-corrected chi connectivity index (χ1v) is 9.90. The van der Waals surface area contributed by atoms with Crippen LogP contribution in [0, 0.1) is 5.92 Å². The summed E-state index contributed by atoms with van der Waals surface area (Å²) in [5, 5.41) is 8.83. The normalized spacial score (nSPS) is 22.8. The summed E-state index contributed by atoms with van der Waals surface area (Å²) >= 11 is 5.84. The number of likely N-dealkylation sites (tertiary alicyclic amines) is 1. The Kier molecular flexibility index (Phi) is 4.43. The predicted octanol–water partition coefficient (Wildman–Crippen LogP) is 2.78. The van der Waals surface area contributed by atoms with Crippen LogP contribution in [0.2, 0.25) is 5.02 Å². The van der Waals surface area contributed by atoms with E-state index in [-0.39, 0.29) is 17.5 Å². The van der Waals surface area contributed by atoms with Crippen LogP contribution in [0.3, 0.4) is 0 Å². The lowest BCUT2D eigenvalue weighted by molar-refractivity contribution is 0.0386. The summed E-state index contributed by atoms with van der Waals surface area (Å²) in [4.78, 5) is 25.2. The molecule has 0 spiro atoms. The Morgan fingerprint density at radius 3 is 2.72 bits per heavy atom. The van der Waals surface area contributed by atoms with Gasteiger partial charge in [-0.25, -0.2) is 9.97 Å². The highest BCUT2D eigenvalue weighted by Gasteiger charge is 2.53. The fourth-order valence-corrected chi connectivity index (χ4v) is 4.56. The highest BCUT2D eigenvalue weighted by molar-refractivity contribution is 6.30. The molecule has 8 nitrogen and oxygen atoms in total. The van der Waals surface area contributed by atoms with Crippen LogP contribution < -0.4 is 4.74 Å². The van der Waals surface area contributed by atoms with Gasteiger partial charge in [0.05, 0.1) is 46.6 Å². The van der Waals surface area contributed by atoms with E-state index in [2.05, 4.69) is 20.2 Å². The number of halogens is 1. The number of carbonyl (C=O) groups is 1. The second-order valence-electron chi connectivity index (χ2n) is 7.56. The number of hydrogen-bond donors (Lipinski definition) is 0. The Labute approximate surface area is 172 Å². The molecule has 0 radical (unpaired) electrons. The minimum absolute atomic E-state index is 0.0271. The number of hydrogen-bond acceptors (Lipinski definition) is 6. The molecule has 148 valence electrons. The summed E-state index contributed by atoms with van der Waals surface area (Å²) in [5.41, 5.74) is 0.899. The molecule has 1 amide bonds. The number of amides is 1. The van der Waals surface area contributed by atoms with Gasteiger partial charge in [0, 0.05) is 6.54 Å². The average Bonchev–Trinajstić information content (AvgIpc) is 3.49. The number of para-hydroxylation sites is 1. The Morgan fingerprint density at radius 2 is 1.97 bits per heavy atom.